The Kier molecular flexibility index (Phi) is 14.9. The number of amides is 1. The Bertz CT molecular complexity index is 636. The molecule has 1 aromatic rings. The first kappa shape index (κ1) is 27.7. The number of carboxylic acids is 1. The maximum absolute atomic E-state index is 12.4. The number of rotatable bonds is 18. The molecule has 0 aliphatic heterocycles. The molecule has 32 heavy (non-hydrogen) atoms. The average Bonchev–Trinajstić information content (AvgIpc) is 2.78. The molecule has 1 N–H and O–H groups in total. The normalized spacial score (nSPS) is 11.7. The highest BCUT2D eigenvalue weighted by atomic mass is 16.6. The summed E-state index contributed by atoms with van der Waals surface area (Å²) < 4.78 is 21.9. The largest absolute Gasteiger partial charge is 0.492 e. The van der Waals surface area contributed by atoms with Crippen molar-refractivity contribution in [1.29, 1.82) is 0 Å². The number of unbranched alkanes of at least 4 members (excludes halogenated alkanes) is 1. The number of hydrogen-bond acceptors (Lipinski definition) is 6. The van der Waals surface area contributed by atoms with Crippen LogP contribution in [0.1, 0.15) is 52.0 Å². The summed E-state index contributed by atoms with van der Waals surface area (Å²) in [6.07, 6.45) is 2.62. The third-order valence-electron chi connectivity index (χ3n) is 4.66. The van der Waals surface area contributed by atoms with Crippen molar-refractivity contribution in [3.05, 3.63) is 29.8 Å². The van der Waals surface area contributed by atoms with Gasteiger partial charge in [-0.1, -0.05) is 32.4 Å². The van der Waals surface area contributed by atoms with Crippen LogP contribution in [0.5, 0.6) is 5.75 Å². The van der Waals surface area contributed by atoms with Crippen molar-refractivity contribution in [2.24, 2.45) is 0 Å². The van der Waals surface area contributed by atoms with Crippen molar-refractivity contribution < 1.29 is 33.6 Å². The van der Waals surface area contributed by atoms with E-state index in [1.54, 1.807) is 24.0 Å². The molecular formula is C24H39NO7. The highest BCUT2D eigenvalue weighted by molar-refractivity contribution is 5.72. The summed E-state index contributed by atoms with van der Waals surface area (Å²) in [4.78, 5) is 25.3. The van der Waals surface area contributed by atoms with Crippen LogP contribution in [0.2, 0.25) is 0 Å². The Morgan fingerprint density at radius 3 is 2.31 bits per heavy atom. The van der Waals surface area contributed by atoms with Crippen LogP contribution in [0, 0.1) is 0 Å². The van der Waals surface area contributed by atoms with Gasteiger partial charge in [-0.05, 0) is 43.9 Å². The minimum Gasteiger partial charge on any atom is -0.492 e. The number of carboxylic acid groups (broad SMARTS) is 1. The molecule has 0 fully saturated rings. The van der Waals surface area contributed by atoms with Gasteiger partial charge < -0.3 is 29.0 Å². The highest BCUT2D eigenvalue weighted by Gasteiger charge is 2.18. The minimum absolute atomic E-state index is 0.293. The van der Waals surface area contributed by atoms with E-state index in [1.807, 2.05) is 12.1 Å². The Hall–Kier alpha value is -2.32. The lowest BCUT2D eigenvalue weighted by atomic mass is 10.1. The van der Waals surface area contributed by atoms with Crippen LogP contribution in [0.15, 0.2) is 24.3 Å². The molecule has 0 saturated carbocycles. The Morgan fingerprint density at radius 1 is 0.938 bits per heavy atom. The molecule has 0 radical (unpaired) electrons. The van der Waals surface area contributed by atoms with Gasteiger partial charge in [-0.25, -0.2) is 9.59 Å². The van der Waals surface area contributed by atoms with E-state index in [4.69, 9.17) is 18.9 Å². The molecule has 0 bridgehead atoms. The van der Waals surface area contributed by atoms with Crippen molar-refractivity contribution in [3.63, 3.8) is 0 Å². The van der Waals surface area contributed by atoms with Crippen LogP contribution in [-0.2, 0) is 25.4 Å². The number of carbonyl (C=O) groups excluding carboxylic acids is 1. The lowest BCUT2D eigenvalue weighted by Gasteiger charge is -2.22. The Morgan fingerprint density at radius 2 is 1.69 bits per heavy atom. The zero-order chi connectivity index (χ0) is 23.6. The maximum Gasteiger partial charge on any atom is 0.409 e. The number of aliphatic carboxylic acids is 1. The molecule has 1 amide bonds. The van der Waals surface area contributed by atoms with E-state index in [1.165, 1.54) is 0 Å². The van der Waals surface area contributed by atoms with E-state index in [2.05, 4.69) is 13.8 Å². The summed E-state index contributed by atoms with van der Waals surface area (Å²) in [7, 11) is 0. The Labute approximate surface area is 191 Å². The molecule has 0 saturated heterocycles. The molecule has 0 spiro atoms. The molecule has 8 nitrogen and oxygen atoms in total. The van der Waals surface area contributed by atoms with Crippen molar-refractivity contribution in [3.8, 4) is 5.75 Å². The van der Waals surface area contributed by atoms with Gasteiger partial charge in [0.2, 0.25) is 0 Å². The van der Waals surface area contributed by atoms with E-state index in [0.717, 1.165) is 37.9 Å². The summed E-state index contributed by atoms with van der Waals surface area (Å²) in [6.45, 7) is 9.25. The molecule has 182 valence electrons. The molecule has 8 heteroatoms. The fourth-order valence-corrected chi connectivity index (χ4v) is 2.92. The molecular weight excluding hydrogens is 414 g/mol. The fraction of sp³-hybridized carbons (Fsp3) is 0.667. The molecule has 0 aromatic heterocycles. The third kappa shape index (κ3) is 11.9. The maximum atomic E-state index is 12.4. The van der Waals surface area contributed by atoms with Crippen molar-refractivity contribution in [2.75, 3.05) is 46.1 Å². The quantitative estimate of drug-likeness (QED) is 0.334. The summed E-state index contributed by atoms with van der Waals surface area (Å²) in [5.74, 6) is -0.319. The van der Waals surface area contributed by atoms with Gasteiger partial charge in [0.25, 0.3) is 0 Å². The second-order valence-corrected chi connectivity index (χ2v) is 7.40. The Balaban J connectivity index is 2.52. The number of nitrogens with zero attached hydrogens (tertiary/aromatic N) is 1. The number of hydrogen-bond donors (Lipinski definition) is 1. The summed E-state index contributed by atoms with van der Waals surface area (Å²) in [5.41, 5.74) is 0.853. The van der Waals surface area contributed by atoms with E-state index in [9.17, 15) is 14.7 Å². The van der Waals surface area contributed by atoms with Gasteiger partial charge in [0.05, 0.1) is 13.2 Å². The summed E-state index contributed by atoms with van der Waals surface area (Å²) >= 11 is 0. The topological polar surface area (TPSA) is 94.5 Å². The van der Waals surface area contributed by atoms with E-state index in [0.29, 0.717) is 51.7 Å². The van der Waals surface area contributed by atoms with Gasteiger partial charge in [-0.3, -0.25) is 0 Å². The van der Waals surface area contributed by atoms with E-state index in [-0.39, 0.29) is 6.09 Å². The molecule has 0 aliphatic rings. The molecule has 1 atom stereocenters. The van der Waals surface area contributed by atoms with Crippen molar-refractivity contribution in [1.82, 2.24) is 4.90 Å². The van der Waals surface area contributed by atoms with Crippen LogP contribution < -0.4 is 4.74 Å². The SMILES string of the molecule is CCCCOC(=O)N(CCCOCCC)CCOc1ccc(CC(OCC)C(=O)O)cc1. The lowest BCUT2D eigenvalue weighted by molar-refractivity contribution is -0.149. The van der Waals surface area contributed by atoms with Crippen LogP contribution >= 0.6 is 0 Å². The molecule has 0 aliphatic carbocycles. The van der Waals surface area contributed by atoms with Crippen molar-refractivity contribution >= 4 is 12.1 Å². The van der Waals surface area contributed by atoms with E-state index >= 15 is 0 Å². The molecule has 0 heterocycles. The van der Waals surface area contributed by atoms with Gasteiger partial charge >= 0.3 is 12.1 Å². The molecule has 1 aromatic carbocycles. The second kappa shape index (κ2) is 17.3. The average molecular weight is 454 g/mol. The second-order valence-electron chi connectivity index (χ2n) is 7.40. The minimum atomic E-state index is -0.974. The van der Waals surface area contributed by atoms with Crippen LogP contribution in [0.25, 0.3) is 0 Å². The lowest BCUT2D eigenvalue weighted by Crippen LogP contribution is -2.36. The monoisotopic (exact) mass is 453 g/mol. The fourth-order valence-electron chi connectivity index (χ4n) is 2.92. The number of ether oxygens (including phenoxy) is 4. The highest BCUT2D eigenvalue weighted by Crippen LogP contribution is 2.15. The van der Waals surface area contributed by atoms with Gasteiger partial charge in [0.15, 0.2) is 6.10 Å². The van der Waals surface area contributed by atoms with Crippen LogP contribution in [0.3, 0.4) is 0 Å². The predicted molar refractivity (Wildman–Crippen MR) is 122 cm³/mol. The summed E-state index contributed by atoms with van der Waals surface area (Å²) in [6, 6.07) is 7.24. The standard InChI is InChI=1S/C24H39NO7/c1-4-7-17-32-24(28)25(13-8-16-29-15-5-2)14-18-31-21-11-9-20(10-12-21)19-22(23(26)27)30-6-3/h9-12,22H,4-8,13-19H2,1-3H3,(H,26,27). The van der Waals surface area contributed by atoms with E-state index < -0.39 is 12.1 Å². The predicted octanol–water partition coefficient (Wildman–Crippen LogP) is 4.15. The first-order valence-corrected chi connectivity index (χ1v) is 11.6. The zero-order valence-corrected chi connectivity index (χ0v) is 19.7. The smallest absolute Gasteiger partial charge is 0.409 e. The third-order valence-corrected chi connectivity index (χ3v) is 4.66. The number of benzene rings is 1. The first-order valence-electron chi connectivity index (χ1n) is 11.6. The molecule has 1 unspecified atom stereocenters. The van der Waals surface area contributed by atoms with Crippen LogP contribution in [-0.4, -0.2) is 74.3 Å². The van der Waals surface area contributed by atoms with Gasteiger partial charge in [-0.15, -0.1) is 0 Å². The zero-order valence-electron chi connectivity index (χ0n) is 19.7. The molecule has 1 rings (SSSR count). The first-order chi connectivity index (χ1) is 15.5. The van der Waals surface area contributed by atoms with Crippen molar-refractivity contribution in [2.45, 2.75) is 59.0 Å². The summed E-state index contributed by atoms with van der Waals surface area (Å²) in [5, 5.41) is 9.21. The van der Waals surface area contributed by atoms with Gasteiger partial charge in [0.1, 0.15) is 12.4 Å². The number of carbonyl (C=O) groups is 2. The van der Waals surface area contributed by atoms with Crippen LogP contribution in [0.4, 0.5) is 4.79 Å². The van der Waals surface area contributed by atoms with Gasteiger partial charge in [-0.2, -0.15) is 0 Å². The van der Waals surface area contributed by atoms with Gasteiger partial charge in [0, 0.05) is 32.8 Å².